The zero-order chi connectivity index (χ0) is 15.9. The molecule has 1 atom stereocenters. The molecule has 1 unspecified atom stereocenters. The zero-order valence-corrected chi connectivity index (χ0v) is 11.8. The second-order valence-electron chi connectivity index (χ2n) is 4.74. The van der Waals surface area contributed by atoms with Crippen LogP contribution < -0.4 is 5.26 Å². The highest BCUT2D eigenvalue weighted by molar-refractivity contribution is 7.96. The number of esters is 1. The molecule has 1 aliphatic carbocycles. The summed E-state index contributed by atoms with van der Waals surface area (Å²) in [5.41, 5.74) is 0. The van der Waals surface area contributed by atoms with Crippen LogP contribution in [0.4, 0.5) is 17.6 Å². The SMILES string of the molecule is O=C(OCCC1CCCCC1)C(F)(SOO[O-])C(F)(F)F. The van der Waals surface area contributed by atoms with Crippen LogP contribution in [0.1, 0.15) is 38.5 Å². The van der Waals surface area contributed by atoms with E-state index < -0.39 is 29.2 Å². The van der Waals surface area contributed by atoms with Gasteiger partial charge in [0.2, 0.25) is 0 Å². The van der Waals surface area contributed by atoms with Gasteiger partial charge in [-0.2, -0.15) is 17.5 Å². The lowest BCUT2D eigenvalue weighted by Crippen LogP contribution is -2.46. The van der Waals surface area contributed by atoms with Gasteiger partial charge in [-0.1, -0.05) is 32.1 Å². The molecule has 1 fully saturated rings. The summed E-state index contributed by atoms with van der Waals surface area (Å²) in [5.74, 6) is -1.90. The molecule has 1 saturated carbocycles. The van der Waals surface area contributed by atoms with Crippen molar-refractivity contribution in [3.8, 4) is 0 Å². The number of ether oxygens (including phenoxy) is 1. The number of alkyl halides is 4. The lowest BCUT2D eigenvalue weighted by molar-refractivity contribution is -0.777. The van der Waals surface area contributed by atoms with Gasteiger partial charge in [0.1, 0.15) is 0 Å². The molecule has 5 nitrogen and oxygen atoms in total. The number of carbonyl (C=O) groups excluding carboxylic acids is 1. The van der Waals surface area contributed by atoms with E-state index in [1.807, 2.05) is 0 Å². The van der Waals surface area contributed by atoms with E-state index in [9.17, 15) is 27.6 Å². The second kappa shape index (κ2) is 8.16. The third-order valence-corrected chi connectivity index (χ3v) is 4.04. The molecular weight excluding hydrogens is 320 g/mol. The van der Waals surface area contributed by atoms with Crippen LogP contribution in [-0.4, -0.2) is 23.8 Å². The number of rotatable bonds is 7. The Labute approximate surface area is 123 Å². The molecule has 0 N–H and O–H groups in total. The van der Waals surface area contributed by atoms with E-state index in [1.54, 1.807) is 0 Å². The average Bonchev–Trinajstić information content (AvgIpc) is 2.44. The van der Waals surface area contributed by atoms with Gasteiger partial charge in [0, 0.05) is 0 Å². The Kier molecular flexibility index (Phi) is 7.17. The number of halogens is 4. The highest BCUT2D eigenvalue weighted by atomic mass is 32.2. The summed E-state index contributed by atoms with van der Waals surface area (Å²) in [6.07, 6.45) is -0.223. The van der Waals surface area contributed by atoms with Crippen LogP contribution in [0.3, 0.4) is 0 Å². The molecule has 0 saturated heterocycles. The van der Waals surface area contributed by atoms with Crippen molar-refractivity contribution >= 4 is 18.0 Å². The second-order valence-corrected chi connectivity index (χ2v) is 5.61. The summed E-state index contributed by atoms with van der Waals surface area (Å²) in [6.45, 7) is -0.315. The van der Waals surface area contributed by atoms with Gasteiger partial charge >= 0.3 is 17.1 Å². The van der Waals surface area contributed by atoms with E-state index in [1.165, 1.54) is 0 Å². The minimum atomic E-state index is -5.60. The fourth-order valence-corrected chi connectivity index (χ4v) is 2.49. The topological polar surface area (TPSA) is 67.8 Å². The number of carbonyl (C=O) groups is 1. The van der Waals surface area contributed by atoms with Gasteiger partial charge in [0.05, 0.1) is 18.6 Å². The molecule has 0 aliphatic heterocycles. The summed E-state index contributed by atoms with van der Waals surface area (Å²) in [6, 6.07) is 0. The van der Waals surface area contributed by atoms with Crippen LogP contribution in [0.25, 0.3) is 0 Å². The highest BCUT2D eigenvalue weighted by Gasteiger charge is 2.65. The average molecular weight is 335 g/mol. The lowest BCUT2D eigenvalue weighted by atomic mass is 9.87. The van der Waals surface area contributed by atoms with E-state index in [0.717, 1.165) is 32.1 Å². The van der Waals surface area contributed by atoms with Crippen LogP contribution >= 0.6 is 12.0 Å². The van der Waals surface area contributed by atoms with Gasteiger partial charge in [-0.3, -0.25) is 5.04 Å². The molecule has 1 rings (SSSR count). The first-order valence-corrected chi connectivity index (χ1v) is 7.12. The Hall–Kier alpha value is -0.580. The molecule has 0 bridgehead atoms. The van der Waals surface area contributed by atoms with Crippen molar-refractivity contribution in [1.29, 1.82) is 0 Å². The Morgan fingerprint density at radius 2 is 1.81 bits per heavy atom. The molecule has 0 aromatic heterocycles. The highest BCUT2D eigenvalue weighted by Crippen LogP contribution is 2.44. The van der Waals surface area contributed by atoms with Crippen molar-refractivity contribution in [3.05, 3.63) is 0 Å². The largest absolute Gasteiger partial charge is 0.691 e. The molecule has 0 radical (unpaired) electrons. The van der Waals surface area contributed by atoms with Crippen molar-refractivity contribution < 1.29 is 41.7 Å². The molecule has 21 heavy (non-hydrogen) atoms. The predicted octanol–water partition coefficient (Wildman–Crippen LogP) is 2.60. The molecule has 0 aromatic rings. The smallest absolute Gasteiger partial charge is 0.446 e. The number of hydrogen-bond acceptors (Lipinski definition) is 6. The lowest BCUT2D eigenvalue weighted by Gasteiger charge is -2.25. The quantitative estimate of drug-likeness (QED) is 0.234. The van der Waals surface area contributed by atoms with Crippen molar-refractivity contribution in [2.75, 3.05) is 6.61 Å². The van der Waals surface area contributed by atoms with Gasteiger partial charge in [-0.15, -0.1) is 0 Å². The predicted molar refractivity (Wildman–Crippen MR) is 61.8 cm³/mol. The van der Waals surface area contributed by atoms with Gasteiger partial charge in [-0.25, -0.2) is 9.18 Å². The molecule has 0 spiro atoms. The first-order chi connectivity index (χ1) is 9.81. The minimum absolute atomic E-state index is 0.264. The molecular formula is C11H15F4O5S-. The van der Waals surface area contributed by atoms with Gasteiger partial charge in [-0.05, 0) is 12.3 Å². The summed E-state index contributed by atoms with van der Waals surface area (Å²) in [5, 5.41) is 7.67. The minimum Gasteiger partial charge on any atom is -0.691 e. The van der Waals surface area contributed by atoms with Gasteiger partial charge < -0.3 is 9.99 Å². The van der Waals surface area contributed by atoms with Crippen LogP contribution in [0.15, 0.2) is 0 Å². The van der Waals surface area contributed by atoms with Crippen LogP contribution in [0.2, 0.25) is 0 Å². The number of hydrogen-bond donors (Lipinski definition) is 0. The fraction of sp³-hybridized carbons (Fsp3) is 0.909. The monoisotopic (exact) mass is 335 g/mol. The van der Waals surface area contributed by atoms with Crippen molar-refractivity contribution in [1.82, 2.24) is 0 Å². The first-order valence-electron chi connectivity index (χ1n) is 6.38. The molecule has 0 aromatic carbocycles. The van der Waals surface area contributed by atoms with Crippen LogP contribution in [-0.2, 0) is 18.9 Å². The molecule has 1 aliphatic rings. The van der Waals surface area contributed by atoms with Crippen LogP contribution in [0, 0.1) is 5.92 Å². The maximum atomic E-state index is 13.7. The zero-order valence-electron chi connectivity index (χ0n) is 11.0. The Morgan fingerprint density at radius 1 is 1.19 bits per heavy atom. The van der Waals surface area contributed by atoms with E-state index in [4.69, 9.17) is 0 Å². The summed E-state index contributed by atoms with van der Waals surface area (Å²) >= 11 is -1.08. The summed E-state index contributed by atoms with van der Waals surface area (Å²) in [4.78, 5) is 11.3. The Morgan fingerprint density at radius 3 is 2.33 bits per heavy atom. The van der Waals surface area contributed by atoms with E-state index in [0.29, 0.717) is 6.42 Å². The van der Waals surface area contributed by atoms with Gasteiger partial charge in [0.25, 0.3) is 0 Å². The normalized spacial score (nSPS) is 20.0. The Bertz CT molecular complexity index is 335. The third kappa shape index (κ3) is 5.28. The molecule has 0 heterocycles. The Balaban J connectivity index is 2.48. The van der Waals surface area contributed by atoms with Crippen molar-refractivity contribution in [2.45, 2.75) is 49.7 Å². The maximum Gasteiger partial charge on any atom is 0.446 e. The first kappa shape index (κ1) is 18.5. The van der Waals surface area contributed by atoms with Crippen LogP contribution in [0.5, 0.6) is 0 Å². The van der Waals surface area contributed by atoms with Gasteiger partial charge in [0.15, 0.2) is 0 Å². The van der Waals surface area contributed by atoms with E-state index in [-0.39, 0.29) is 12.5 Å². The maximum absolute atomic E-state index is 13.7. The molecule has 124 valence electrons. The molecule has 0 amide bonds. The summed E-state index contributed by atoms with van der Waals surface area (Å²) in [7, 11) is 0. The van der Waals surface area contributed by atoms with E-state index in [2.05, 4.69) is 14.1 Å². The summed E-state index contributed by atoms with van der Waals surface area (Å²) < 4.78 is 58.9. The standard InChI is InChI=1S/C11H16F4O5S/c12-10(11(13,14)15,21-20-19-17)9(16)18-7-6-8-4-2-1-3-5-8/h8,17H,1-7H2/p-1. The van der Waals surface area contributed by atoms with Crippen molar-refractivity contribution in [3.63, 3.8) is 0 Å². The molecule has 10 heteroatoms. The van der Waals surface area contributed by atoms with Crippen molar-refractivity contribution in [2.24, 2.45) is 5.92 Å². The third-order valence-electron chi connectivity index (χ3n) is 3.29. The fourth-order valence-electron chi connectivity index (χ4n) is 2.14. The van der Waals surface area contributed by atoms with E-state index >= 15 is 0 Å².